The molecule has 4 aromatic rings. The van der Waals surface area contributed by atoms with Gasteiger partial charge in [-0.15, -0.1) is 22.0 Å². The van der Waals surface area contributed by atoms with Gasteiger partial charge in [0, 0.05) is 16.3 Å². The highest BCUT2D eigenvalue weighted by atomic mass is 32.2. The van der Waals surface area contributed by atoms with E-state index < -0.39 is 0 Å². The minimum absolute atomic E-state index is 0.0178. The van der Waals surface area contributed by atoms with E-state index in [0.29, 0.717) is 12.2 Å². The number of rotatable bonds is 9. The molecule has 0 saturated carbocycles. The maximum Gasteiger partial charge on any atom is 0.237 e. The van der Waals surface area contributed by atoms with Crippen LogP contribution in [0.2, 0.25) is 0 Å². The zero-order chi connectivity index (χ0) is 25.7. The molecule has 5 nitrogen and oxygen atoms in total. The number of amides is 1. The number of carbonyl (C=O) groups excluding carboxylic acids is 1. The van der Waals surface area contributed by atoms with Crippen LogP contribution in [0.1, 0.15) is 41.4 Å². The van der Waals surface area contributed by atoms with Crippen LogP contribution in [-0.2, 0) is 10.5 Å². The minimum Gasteiger partial charge on any atom is -0.325 e. The zero-order valence-corrected chi connectivity index (χ0v) is 23.0. The summed E-state index contributed by atoms with van der Waals surface area (Å²) in [5.74, 6) is 1.52. The van der Waals surface area contributed by atoms with Gasteiger partial charge in [0.25, 0.3) is 0 Å². The number of hydrogen-bond acceptors (Lipinski definition) is 5. The van der Waals surface area contributed by atoms with E-state index >= 15 is 0 Å². The summed E-state index contributed by atoms with van der Waals surface area (Å²) in [5.41, 5.74) is 6.46. The van der Waals surface area contributed by atoms with Gasteiger partial charge < -0.3 is 5.32 Å². The Morgan fingerprint density at radius 1 is 0.917 bits per heavy atom. The Morgan fingerprint density at radius 2 is 1.58 bits per heavy atom. The molecule has 3 aromatic carbocycles. The fraction of sp³-hybridized carbons (Fsp3) is 0.276. The first-order valence-electron chi connectivity index (χ1n) is 12.1. The molecule has 36 heavy (non-hydrogen) atoms. The molecule has 0 spiro atoms. The SMILES string of the molecule is CCC(Sc1nnc(CSc2ccc(C)cc2)n1-c1ccccc1)C(=O)Nc1c(C)cc(C)cc1C. The van der Waals surface area contributed by atoms with Crippen molar-refractivity contribution in [2.75, 3.05) is 5.32 Å². The third-order valence-corrected chi connectivity index (χ3v) is 8.25. The lowest BCUT2D eigenvalue weighted by Gasteiger charge is -2.18. The molecular weight excluding hydrogens is 484 g/mol. The molecule has 1 atom stereocenters. The molecular formula is C29H32N4OS2. The number of hydrogen-bond donors (Lipinski definition) is 1. The van der Waals surface area contributed by atoms with E-state index in [4.69, 9.17) is 0 Å². The number of aromatic nitrogens is 3. The summed E-state index contributed by atoms with van der Waals surface area (Å²) in [6.45, 7) is 10.3. The molecule has 1 heterocycles. The first kappa shape index (κ1) is 26.0. The number of thioether (sulfide) groups is 2. The standard InChI is InChI=1S/C29H32N4OS2/c1-6-25(28(34)30-27-21(4)16-20(3)17-22(27)5)36-29-32-31-26(33(29)23-10-8-7-9-11-23)18-35-24-14-12-19(2)13-15-24/h7-17,25H,6,18H2,1-5H3,(H,30,34). The van der Waals surface area contributed by atoms with Crippen molar-refractivity contribution in [3.63, 3.8) is 0 Å². The van der Waals surface area contributed by atoms with Crippen LogP contribution in [0.5, 0.6) is 0 Å². The molecule has 4 rings (SSSR count). The fourth-order valence-electron chi connectivity index (χ4n) is 4.12. The largest absolute Gasteiger partial charge is 0.325 e. The van der Waals surface area contributed by atoms with Gasteiger partial charge in [-0.05, 0) is 69.5 Å². The third kappa shape index (κ3) is 6.20. The highest BCUT2D eigenvalue weighted by Crippen LogP contribution is 2.31. The minimum atomic E-state index is -0.297. The Hall–Kier alpha value is -3.03. The predicted octanol–water partition coefficient (Wildman–Crippen LogP) is 7.30. The van der Waals surface area contributed by atoms with Crippen LogP contribution >= 0.6 is 23.5 Å². The molecule has 7 heteroatoms. The van der Waals surface area contributed by atoms with Crippen molar-refractivity contribution in [3.8, 4) is 5.69 Å². The number of nitrogens with one attached hydrogen (secondary N) is 1. The van der Waals surface area contributed by atoms with E-state index in [9.17, 15) is 4.79 Å². The van der Waals surface area contributed by atoms with Gasteiger partial charge >= 0.3 is 0 Å². The van der Waals surface area contributed by atoms with Crippen LogP contribution in [0.25, 0.3) is 5.69 Å². The van der Waals surface area contributed by atoms with E-state index in [1.165, 1.54) is 27.8 Å². The van der Waals surface area contributed by atoms with Gasteiger partial charge in [0.05, 0.1) is 11.0 Å². The lowest BCUT2D eigenvalue weighted by molar-refractivity contribution is -0.115. The summed E-state index contributed by atoms with van der Waals surface area (Å²) in [6, 6.07) is 22.8. The average molecular weight is 517 g/mol. The van der Waals surface area contributed by atoms with Crippen LogP contribution in [0.4, 0.5) is 5.69 Å². The molecule has 0 aliphatic heterocycles. The summed E-state index contributed by atoms with van der Waals surface area (Å²) < 4.78 is 2.07. The van der Waals surface area contributed by atoms with Crippen molar-refractivity contribution >= 4 is 35.1 Å². The molecule has 0 bridgehead atoms. The summed E-state index contributed by atoms with van der Waals surface area (Å²) in [5, 5.41) is 12.7. The van der Waals surface area contributed by atoms with Crippen LogP contribution in [0.3, 0.4) is 0 Å². The summed E-state index contributed by atoms with van der Waals surface area (Å²) in [7, 11) is 0. The molecule has 0 fully saturated rings. The molecule has 1 N–H and O–H groups in total. The summed E-state index contributed by atoms with van der Waals surface area (Å²) in [6.07, 6.45) is 0.676. The Labute approximate surface area is 222 Å². The van der Waals surface area contributed by atoms with Crippen molar-refractivity contribution in [1.29, 1.82) is 0 Å². The maximum atomic E-state index is 13.3. The van der Waals surface area contributed by atoms with Gasteiger partial charge in [0.2, 0.25) is 5.91 Å². The van der Waals surface area contributed by atoms with Crippen molar-refractivity contribution in [2.45, 2.75) is 62.1 Å². The Bertz CT molecular complexity index is 1310. The van der Waals surface area contributed by atoms with Gasteiger partial charge in [-0.2, -0.15) is 0 Å². The molecule has 1 unspecified atom stereocenters. The van der Waals surface area contributed by atoms with Gasteiger partial charge in [-0.25, -0.2) is 0 Å². The Balaban J connectivity index is 1.58. The van der Waals surface area contributed by atoms with Crippen molar-refractivity contribution < 1.29 is 4.79 Å². The highest BCUT2D eigenvalue weighted by molar-refractivity contribution is 8.00. The molecule has 1 amide bonds. The monoisotopic (exact) mass is 516 g/mol. The van der Waals surface area contributed by atoms with E-state index in [-0.39, 0.29) is 11.2 Å². The Kier molecular flexibility index (Phi) is 8.54. The second-order valence-electron chi connectivity index (χ2n) is 8.95. The van der Waals surface area contributed by atoms with Gasteiger partial charge in [0.1, 0.15) is 5.82 Å². The molecule has 0 aliphatic carbocycles. The lowest BCUT2D eigenvalue weighted by atomic mass is 10.0. The van der Waals surface area contributed by atoms with Gasteiger partial charge in [-0.1, -0.05) is 72.3 Å². The average Bonchev–Trinajstić information content (AvgIpc) is 3.27. The lowest BCUT2D eigenvalue weighted by Crippen LogP contribution is -2.26. The highest BCUT2D eigenvalue weighted by Gasteiger charge is 2.24. The van der Waals surface area contributed by atoms with Gasteiger partial charge in [-0.3, -0.25) is 9.36 Å². The quantitative estimate of drug-likeness (QED) is 0.237. The summed E-state index contributed by atoms with van der Waals surface area (Å²) >= 11 is 3.19. The van der Waals surface area contributed by atoms with E-state index in [0.717, 1.165) is 33.5 Å². The first-order chi connectivity index (χ1) is 17.4. The van der Waals surface area contributed by atoms with Crippen molar-refractivity contribution in [3.05, 3.63) is 94.8 Å². The number of carbonyl (C=O) groups is 1. The van der Waals surface area contributed by atoms with Crippen LogP contribution in [-0.4, -0.2) is 25.9 Å². The number of aryl methyl sites for hydroxylation is 4. The van der Waals surface area contributed by atoms with E-state index in [2.05, 4.69) is 70.3 Å². The van der Waals surface area contributed by atoms with Crippen molar-refractivity contribution in [1.82, 2.24) is 14.8 Å². The fourth-order valence-corrected chi connectivity index (χ4v) is 5.92. The van der Waals surface area contributed by atoms with Crippen LogP contribution in [0, 0.1) is 27.7 Å². The summed E-state index contributed by atoms with van der Waals surface area (Å²) in [4.78, 5) is 14.5. The first-order valence-corrected chi connectivity index (χ1v) is 14.0. The molecule has 0 saturated heterocycles. The Morgan fingerprint density at radius 3 is 2.22 bits per heavy atom. The molecule has 0 radical (unpaired) electrons. The van der Waals surface area contributed by atoms with Gasteiger partial charge in [0.15, 0.2) is 5.16 Å². The topological polar surface area (TPSA) is 59.8 Å². The number of nitrogens with zero attached hydrogens (tertiary/aromatic N) is 3. The predicted molar refractivity (Wildman–Crippen MR) is 151 cm³/mol. The molecule has 0 aliphatic rings. The second kappa shape index (κ2) is 11.8. The van der Waals surface area contributed by atoms with E-state index in [1.54, 1.807) is 11.8 Å². The van der Waals surface area contributed by atoms with Crippen LogP contribution < -0.4 is 5.32 Å². The molecule has 186 valence electrons. The maximum absolute atomic E-state index is 13.3. The number of benzene rings is 3. The van der Waals surface area contributed by atoms with Crippen LogP contribution in [0.15, 0.2) is 76.8 Å². The zero-order valence-electron chi connectivity index (χ0n) is 21.4. The third-order valence-electron chi connectivity index (χ3n) is 5.94. The second-order valence-corrected chi connectivity index (χ2v) is 11.2. The molecule has 1 aromatic heterocycles. The normalized spacial score (nSPS) is 11.9. The van der Waals surface area contributed by atoms with Crippen molar-refractivity contribution in [2.24, 2.45) is 0 Å². The van der Waals surface area contributed by atoms with E-state index in [1.807, 2.05) is 51.1 Å². The smallest absolute Gasteiger partial charge is 0.237 e. The number of para-hydroxylation sites is 1. The number of anilines is 1.